The first-order chi connectivity index (χ1) is 10.1. The summed E-state index contributed by atoms with van der Waals surface area (Å²) in [7, 11) is 0. The summed E-state index contributed by atoms with van der Waals surface area (Å²) >= 11 is 0. The van der Waals surface area contributed by atoms with E-state index in [0.717, 1.165) is 12.8 Å². The quantitative estimate of drug-likeness (QED) is 0.643. The molecule has 0 saturated carbocycles. The topological polar surface area (TPSA) is 95.9 Å². The van der Waals surface area contributed by atoms with Gasteiger partial charge in [0.25, 0.3) is 0 Å². The van der Waals surface area contributed by atoms with E-state index in [4.69, 9.17) is 10.5 Å². The minimum atomic E-state index is -0.253. The van der Waals surface area contributed by atoms with Crippen LogP contribution in [0.5, 0.6) is 0 Å². The second-order valence-corrected chi connectivity index (χ2v) is 4.84. The molecular weight excluding hydrogens is 270 g/mol. The van der Waals surface area contributed by atoms with Gasteiger partial charge in [0.05, 0.1) is 6.61 Å². The molecule has 0 aliphatic carbocycles. The van der Waals surface area contributed by atoms with E-state index in [1.807, 2.05) is 16.7 Å². The van der Waals surface area contributed by atoms with Crippen molar-refractivity contribution in [1.82, 2.24) is 19.7 Å². The van der Waals surface area contributed by atoms with Crippen molar-refractivity contribution in [2.75, 3.05) is 12.3 Å². The molecule has 0 aromatic carbocycles. The second-order valence-electron chi connectivity index (χ2n) is 4.84. The molecule has 1 atom stereocenters. The fraction of sp³-hybridized carbons (Fsp3) is 0.429. The van der Waals surface area contributed by atoms with Gasteiger partial charge in [0.15, 0.2) is 5.82 Å². The molecule has 2 aromatic heterocycles. The number of hydrogen-bond acceptors (Lipinski definition) is 6. The van der Waals surface area contributed by atoms with E-state index < -0.39 is 0 Å². The molecule has 21 heavy (non-hydrogen) atoms. The smallest absolute Gasteiger partial charge is 0.302 e. The number of carbonyl (C=O) groups is 1. The van der Waals surface area contributed by atoms with Crippen molar-refractivity contribution >= 4 is 11.8 Å². The number of esters is 1. The van der Waals surface area contributed by atoms with Crippen LogP contribution in [0.15, 0.2) is 24.5 Å². The van der Waals surface area contributed by atoms with E-state index in [9.17, 15) is 4.79 Å². The fourth-order valence-electron chi connectivity index (χ4n) is 2.06. The molecule has 0 amide bonds. The van der Waals surface area contributed by atoms with Gasteiger partial charge < -0.3 is 15.0 Å². The standard InChI is InChI=1S/C14H19N5O2/c1-10(5-4-8-21-11(2)20)19-9-16-18-14(19)12-6-3-7-13(15)17-12/h3,6-7,9-10H,4-5,8H2,1-2H3,(H2,15,17)/t10-/m0/s1. The second kappa shape index (κ2) is 6.83. The molecule has 0 radical (unpaired) electrons. The molecule has 2 N–H and O–H groups in total. The predicted molar refractivity (Wildman–Crippen MR) is 78.2 cm³/mol. The Morgan fingerprint density at radius 3 is 3.00 bits per heavy atom. The molecule has 0 bridgehead atoms. The molecule has 2 aromatic rings. The number of pyridine rings is 1. The van der Waals surface area contributed by atoms with Crippen LogP contribution >= 0.6 is 0 Å². The SMILES string of the molecule is CC(=O)OCCC[C@H](C)n1cnnc1-c1cccc(N)n1. The lowest BCUT2D eigenvalue weighted by Gasteiger charge is -2.15. The lowest BCUT2D eigenvalue weighted by Crippen LogP contribution is -2.09. The number of nitrogens with zero attached hydrogens (tertiary/aromatic N) is 4. The van der Waals surface area contributed by atoms with Gasteiger partial charge >= 0.3 is 5.97 Å². The molecule has 7 heteroatoms. The Bertz CT molecular complexity index is 611. The number of anilines is 1. The summed E-state index contributed by atoms with van der Waals surface area (Å²) in [5, 5.41) is 8.07. The van der Waals surface area contributed by atoms with Crippen molar-refractivity contribution in [3.05, 3.63) is 24.5 Å². The van der Waals surface area contributed by atoms with Crippen LogP contribution in [-0.2, 0) is 9.53 Å². The number of hydrogen-bond donors (Lipinski definition) is 1. The highest BCUT2D eigenvalue weighted by Crippen LogP contribution is 2.21. The number of carbonyl (C=O) groups excluding carboxylic acids is 1. The summed E-state index contributed by atoms with van der Waals surface area (Å²) in [6, 6.07) is 5.59. The van der Waals surface area contributed by atoms with Gasteiger partial charge in [-0.15, -0.1) is 10.2 Å². The van der Waals surface area contributed by atoms with Gasteiger partial charge in [-0.1, -0.05) is 6.07 Å². The number of aromatic nitrogens is 4. The molecule has 2 rings (SSSR count). The van der Waals surface area contributed by atoms with Crippen LogP contribution in [-0.4, -0.2) is 32.3 Å². The Morgan fingerprint density at radius 1 is 1.48 bits per heavy atom. The zero-order valence-electron chi connectivity index (χ0n) is 12.2. The molecule has 0 fully saturated rings. The monoisotopic (exact) mass is 289 g/mol. The Labute approximate surface area is 123 Å². The minimum Gasteiger partial charge on any atom is -0.466 e. The lowest BCUT2D eigenvalue weighted by atomic mass is 10.2. The summed E-state index contributed by atoms with van der Waals surface area (Å²) in [4.78, 5) is 15.0. The van der Waals surface area contributed by atoms with Crippen molar-refractivity contribution in [2.24, 2.45) is 0 Å². The molecular formula is C14H19N5O2. The number of rotatable bonds is 6. The Balaban J connectivity index is 2.04. The summed E-state index contributed by atoms with van der Waals surface area (Å²) in [5.41, 5.74) is 6.39. The molecule has 0 aliphatic rings. The Morgan fingerprint density at radius 2 is 2.29 bits per heavy atom. The van der Waals surface area contributed by atoms with Gasteiger partial charge in [0.2, 0.25) is 0 Å². The van der Waals surface area contributed by atoms with E-state index in [1.54, 1.807) is 12.4 Å². The van der Waals surface area contributed by atoms with Crippen LogP contribution in [0.25, 0.3) is 11.5 Å². The zero-order chi connectivity index (χ0) is 15.2. The maximum absolute atomic E-state index is 10.7. The number of nitrogen functional groups attached to an aromatic ring is 1. The van der Waals surface area contributed by atoms with Gasteiger partial charge in [-0.05, 0) is 31.9 Å². The lowest BCUT2D eigenvalue weighted by molar-refractivity contribution is -0.141. The maximum atomic E-state index is 10.7. The van der Waals surface area contributed by atoms with Crippen molar-refractivity contribution < 1.29 is 9.53 Å². The first-order valence-electron chi connectivity index (χ1n) is 6.83. The Kier molecular flexibility index (Phi) is 4.86. The summed E-state index contributed by atoms with van der Waals surface area (Å²) < 4.78 is 6.89. The van der Waals surface area contributed by atoms with Crippen LogP contribution in [0.2, 0.25) is 0 Å². The summed E-state index contributed by atoms with van der Waals surface area (Å²) in [6.07, 6.45) is 3.31. The average molecular weight is 289 g/mol. The summed E-state index contributed by atoms with van der Waals surface area (Å²) in [5.74, 6) is 0.878. The van der Waals surface area contributed by atoms with Gasteiger partial charge in [-0.25, -0.2) is 4.98 Å². The molecule has 7 nitrogen and oxygen atoms in total. The first-order valence-corrected chi connectivity index (χ1v) is 6.83. The molecule has 0 aliphatic heterocycles. The van der Waals surface area contributed by atoms with E-state index in [2.05, 4.69) is 22.1 Å². The highest BCUT2D eigenvalue weighted by Gasteiger charge is 2.14. The molecule has 0 saturated heterocycles. The highest BCUT2D eigenvalue weighted by atomic mass is 16.5. The van der Waals surface area contributed by atoms with Gasteiger partial charge in [0.1, 0.15) is 17.8 Å². The van der Waals surface area contributed by atoms with E-state index >= 15 is 0 Å². The van der Waals surface area contributed by atoms with E-state index in [0.29, 0.717) is 23.9 Å². The van der Waals surface area contributed by atoms with Crippen LogP contribution < -0.4 is 5.73 Å². The summed E-state index contributed by atoms with van der Waals surface area (Å²) in [6.45, 7) is 3.90. The fourth-order valence-corrected chi connectivity index (χ4v) is 2.06. The number of ether oxygens (including phenoxy) is 1. The maximum Gasteiger partial charge on any atom is 0.302 e. The molecule has 112 valence electrons. The Hall–Kier alpha value is -2.44. The van der Waals surface area contributed by atoms with Crippen LogP contribution in [0.1, 0.15) is 32.7 Å². The van der Waals surface area contributed by atoms with Crippen molar-refractivity contribution in [3.63, 3.8) is 0 Å². The van der Waals surface area contributed by atoms with Crippen molar-refractivity contribution in [3.8, 4) is 11.5 Å². The van der Waals surface area contributed by atoms with Gasteiger partial charge in [0, 0.05) is 13.0 Å². The molecule has 0 spiro atoms. The number of nitrogens with two attached hydrogens (primary N) is 1. The van der Waals surface area contributed by atoms with Crippen LogP contribution in [0.4, 0.5) is 5.82 Å². The van der Waals surface area contributed by atoms with Gasteiger partial charge in [-0.3, -0.25) is 4.79 Å². The van der Waals surface area contributed by atoms with E-state index in [-0.39, 0.29) is 12.0 Å². The van der Waals surface area contributed by atoms with Gasteiger partial charge in [-0.2, -0.15) is 0 Å². The third-order valence-corrected chi connectivity index (χ3v) is 3.12. The normalized spacial score (nSPS) is 12.1. The van der Waals surface area contributed by atoms with Crippen LogP contribution in [0, 0.1) is 0 Å². The highest BCUT2D eigenvalue weighted by molar-refractivity contribution is 5.65. The van der Waals surface area contributed by atoms with Crippen molar-refractivity contribution in [1.29, 1.82) is 0 Å². The third kappa shape index (κ3) is 4.01. The van der Waals surface area contributed by atoms with Crippen molar-refractivity contribution in [2.45, 2.75) is 32.7 Å². The zero-order valence-corrected chi connectivity index (χ0v) is 12.2. The molecule has 0 unspecified atom stereocenters. The van der Waals surface area contributed by atoms with Crippen LogP contribution in [0.3, 0.4) is 0 Å². The predicted octanol–water partition coefficient (Wildman–Crippen LogP) is 1.83. The first kappa shape index (κ1) is 15.0. The average Bonchev–Trinajstić information content (AvgIpc) is 2.92. The minimum absolute atomic E-state index is 0.175. The third-order valence-electron chi connectivity index (χ3n) is 3.12. The molecule has 2 heterocycles. The van der Waals surface area contributed by atoms with E-state index in [1.165, 1.54) is 6.92 Å². The largest absolute Gasteiger partial charge is 0.466 e.